The number of carbonyl (C=O) groups is 1. The molecule has 0 spiro atoms. The van der Waals surface area contributed by atoms with Crippen LogP contribution in [0.4, 0.5) is 5.69 Å². The zero-order valence-corrected chi connectivity index (χ0v) is 19.0. The zero-order valence-electron chi connectivity index (χ0n) is 18.2. The molecule has 0 aliphatic heterocycles. The van der Waals surface area contributed by atoms with E-state index in [4.69, 9.17) is 26.4 Å². The Bertz CT molecular complexity index is 1100. The normalized spacial score (nSPS) is 10.1. The minimum absolute atomic E-state index is 0.268. The largest absolute Gasteiger partial charge is 0.493 e. The highest BCUT2D eigenvalue weighted by Crippen LogP contribution is 2.40. The maximum atomic E-state index is 12.6. The van der Waals surface area contributed by atoms with E-state index in [1.807, 2.05) is 30.3 Å². The highest BCUT2D eigenvalue weighted by Gasteiger charge is 2.16. The van der Waals surface area contributed by atoms with Gasteiger partial charge in [-0.05, 0) is 55.5 Å². The van der Waals surface area contributed by atoms with E-state index in [9.17, 15) is 4.79 Å². The van der Waals surface area contributed by atoms with Gasteiger partial charge in [0.1, 0.15) is 0 Å². The van der Waals surface area contributed by atoms with Crippen LogP contribution in [0.1, 0.15) is 16.1 Å². The molecule has 0 saturated carbocycles. The number of benzene rings is 2. The smallest absolute Gasteiger partial charge is 0.271 e. The second kappa shape index (κ2) is 10.5. The summed E-state index contributed by atoms with van der Waals surface area (Å²) in [5.41, 5.74) is 8.48. The standard InChI is InChI=1S/C23H24N4O4S/c1-14-17(22(28)26-27-23(32)25-16-8-6-5-7-9-16)10-11-18(24-14)15-12-19(29-2)21(31-4)20(13-15)30-3/h5-13H,1-4H3,(H,26,28)(H2,25,27,32). The lowest BCUT2D eigenvalue weighted by molar-refractivity contribution is 0.0943. The van der Waals surface area contributed by atoms with E-state index in [-0.39, 0.29) is 11.0 Å². The van der Waals surface area contributed by atoms with E-state index in [1.54, 1.807) is 52.5 Å². The second-order valence-electron chi connectivity index (χ2n) is 6.64. The van der Waals surface area contributed by atoms with Crippen molar-refractivity contribution in [2.24, 2.45) is 0 Å². The van der Waals surface area contributed by atoms with Crippen LogP contribution in [0.3, 0.4) is 0 Å². The van der Waals surface area contributed by atoms with Crippen LogP contribution in [0.15, 0.2) is 54.6 Å². The minimum atomic E-state index is -0.358. The van der Waals surface area contributed by atoms with Crippen molar-refractivity contribution in [3.63, 3.8) is 0 Å². The first-order chi connectivity index (χ1) is 15.5. The molecule has 3 rings (SSSR count). The Morgan fingerprint density at radius 2 is 1.56 bits per heavy atom. The number of para-hydroxylation sites is 1. The summed E-state index contributed by atoms with van der Waals surface area (Å²) in [7, 11) is 4.65. The number of thiocarbonyl (C=S) groups is 1. The van der Waals surface area contributed by atoms with E-state index in [2.05, 4.69) is 21.2 Å². The molecule has 2 aromatic carbocycles. The van der Waals surface area contributed by atoms with Crippen molar-refractivity contribution in [2.45, 2.75) is 6.92 Å². The Morgan fingerprint density at radius 1 is 0.906 bits per heavy atom. The molecule has 0 bridgehead atoms. The fourth-order valence-corrected chi connectivity index (χ4v) is 3.22. The highest BCUT2D eigenvalue weighted by atomic mass is 32.1. The third kappa shape index (κ3) is 5.25. The van der Waals surface area contributed by atoms with E-state index in [0.29, 0.717) is 34.2 Å². The summed E-state index contributed by atoms with van der Waals surface area (Å²) in [6, 6.07) is 16.5. The predicted octanol–water partition coefficient (Wildman–Crippen LogP) is 3.71. The molecule has 0 atom stereocenters. The molecule has 8 nitrogen and oxygen atoms in total. The van der Waals surface area contributed by atoms with Gasteiger partial charge in [-0.1, -0.05) is 18.2 Å². The minimum Gasteiger partial charge on any atom is -0.493 e. The average Bonchev–Trinajstić information content (AvgIpc) is 2.82. The second-order valence-corrected chi connectivity index (χ2v) is 7.05. The number of hydrazine groups is 1. The van der Waals surface area contributed by atoms with Crippen LogP contribution in [0.25, 0.3) is 11.3 Å². The topological polar surface area (TPSA) is 93.7 Å². The number of hydrogen-bond acceptors (Lipinski definition) is 6. The Morgan fingerprint density at radius 3 is 2.12 bits per heavy atom. The van der Waals surface area contributed by atoms with Crippen molar-refractivity contribution in [1.29, 1.82) is 0 Å². The molecule has 0 unspecified atom stereocenters. The Balaban J connectivity index is 1.73. The number of nitrogens with one attached hydrogen (secondary N) is 3. The summed E-state index contributed by atoms with van der Waals surface area (Å²) in [4.78, 5) is 17.2. The maximum Gasteiger partial charge on any atom is 0.271 e. The summed E-state index contributed by atoms with van der Waals surface area (Å²) >= 11 is 5.20. The monoisotopic (exact) mass is 452 g/mol. The molecule has 1 heterocycles. The van der Waals surface area contributed by atoms with Gasteiger partial charge in [0.05, 0.1) is 38.3 Å². The molecule has 3 N–H and O–H groups in total. The number of hydrogen-bond donors (Lipinski definition) is 3. The number of aromatic nitrogens is 1. The van der Waals surface area contributed by atoms with Gasteiger partial charge in [0, 0.05) is 11.3 Å². The Labute approximate surface area is 191 Å². The summed E-state index contributed by atoms with van der Waals surface area (Å²) in [6.45, 7) is 1.76. The van der Waals surface area contributed by atoms with E-state index < -0.39 is 0 Å². The third-order valence-electron chi connectivity index (χ3n) is 4.61. The molecule has 3 aromatic rings. The third-order valence-corrected chi connectivity index (χ3v) is 4.82. The van der Waals surface area contributed by atoms with Gasteiger partial charge < -0.3 is 19.5 Å². The van der Waals surface area contributed by atoms with E-state index >= 15 is 0 Å². The molecule has 32 heavy (non-hydrogen) atoms. The molecule has 1 aromatic heterocycles. The van der Waals surface area contributed by atoms with E-state index in [1.165, 1.54) is 0 Å². The summed E-state index contributed by atoms with van der Waals surface area (Å²) in [5, 5.41) is 3.25. The van der Waals surface area contributed by atoms with Gasteiger partial charge in [-0.25, -0.2) is 0 Å². The number of rotatable bonds is 6. The van der Waals surface area contributed by atoms with Crippen molar-refractivity contribution >= 4 is 28.9 Å². The van der Waals surface area contributed by atoms with Gasteiger partial charge in [0.15, 0.2) is 16.6 Å². The van der Waals surface area contributed by atoms with Gasteiger partial charge in [0.25, 0.3) is 5.91 Å². The average molecular weight is 453 g/mol. The molecule has 166 valence electrons. The Hall–Kier alpha value is -3.85. The lowest BCUT2D eigenvalue weighted by Gasteiger charge is -2.15. The molecule has 0 aliphatic rings. The number of carbonyl (C=O) groups excluding carboxylic acids is 1. The first-order valence-electron chi connectivity index (χ1n) is 9.67. The van der Waals surface area contributed by atoms with Crippen molar-refractivity contribution < 1.29 is 19.0 Å². The first kappa shape index (κ1) is 22.8. The predicted molar refractivity (Wildman–Crippen MR) is 127 cm³/mol. The fourth-order valence-electron chi connectivity index (χ4n) is 3.06. The van der Waals surface area contributed by atoms with Gasteiger partial charge in [-0.15, -0.1) is 0 Å². The summed E-state index contributed by atoms with van der Waals surface area (Å²) < 4.78 is 16.2. The fraction of sp³-hybridized carbons (Fsp3) is 0.174. The van der Waals surface area contributed by atoms with Crippen LogP contribution in [0, 0.1) is 6.92 Å². The van der Waals surface area contributed by atoms with Crippen LogP contribution in [0.2, 0.25) is 0 Å². The highest BCUT2D eigenvalue weighted by molar-refractivity contribution is 7.80. The van der Waals surface area contributed by atoms with Crippen molar-refractivity contribution in [3.05, 3.63) is 65.9 Å². The van der Waals surface area contributed by atoms with Gasteiger partial charge in [-0.2, -0.15) is 0 Å². The molecule has 0 saturated heterocycles. The van der Waals surface area contributed by atoms with Crippen LogP contribution in [-0.2, 0) is 0 Å². The lowest BCUT2D eigenvalue weighted by Crippen LogP contribution is -2.44. The number of nitrogens with zero attached hydrogens (tertiary/aromatic N) is 1. The lowest BCUT2D eigenvalue weighted by atomic mass is 10.1. The summed E-state index contributed by atoms with van der Waals surface area (Å²) in [6.07, 6.45) is 0. The number of methoxy groups -OCH3 is 3. The number of aryl methyl sites for hydroxylation is 1. The molecule has 0 radical (unpaired) electrons. The Kier molecular flexibility index (Phi) is 7.45. The van der Waals surface area contributed by atoms with Crippen LogP contribution >= 0.6 is 12.2 Å². The number of amides is 1. The van der Waals surface area contributed by atoms with Crippen molar-refractivity contribution in [2.75, 3.05) is 26.6 Å². The summed E-state index contributed by atoms with van der Waals surface area (Å²) in [5.74, 6) is 1.18. The first-order valence-corrected chi connectivity index (χ1v) is 10.1. The quantitative estimate of drug-likeness (QED) is 0.385. The van der Waals surface area contributed by atoms with E-state index in [0.717, 1.165) is 11.3 Å². The molecular formula is C23H24N4O4S. The molecule has 1 amide bonds. The van der Waals surface area contributed by atoms with Gasteiger partial charge >= 0.3 is 0 Å². The molecular weight excluding hydrogens is 428 g/mol. The van der Waals surface area contributed by atoms with Gasteiger partial charge in [-0.3, -0.25) is 20.6 Å². The maximum absolute atomic E-state index is 12.6. The SMILES string of the molecule is COc1cc(-c2ccc(C(=O)NNC(=S)Nc3ccccc3)c(C)n2)cc(OC)c1OC. The van der Waals surface area contributed by atoms with Crippen LogP contribution in [-0.4, -0.2) is 37.3 Å². The van der Waals surface area contributed by atoms with Gasteiger partial charge in [0.2, 0.25) is 5.75 Å². The van der Waals surface area contributed by atoms with Crippen molar-refractivity contribution in [1.82, 2.24) is 15.8 Å². The number of anilines is 1. The van der Waals surface area contributed by atoms with Crippen LogP contribution in [0.5, 0.6) is 17.2 Å². The van der Waals surface area contributed by atoms with Crippen molar-refractivity contribution in [3.8, 4) is 28.5 Å². The molecule has 0 aliphatic carbocycles. The number of pyridine rings is 1. The van der Waals surface area contributed by atoms with Crippen LogP contribution < -0.4 is 30.4 Å². The molecule has 0 fully saturated rings. The number of ether oxygens (including phenoxy) is 3. The molecule has 9 heteroatoms. The zero-order chi connectivity index (χ0) is 23.1.